The molecule has 1 aromatic heterocycles. The summed E-state index contributed by atoms with van der Waals surface area (Å²) in [6.45, 7) is 2.44. The molecule has 0 fully saturated rings. The minimum Gasteiger partial charge on any atom is -0.388 e. The van der Waals surface area contributed by atoms with Crippen LogP contribution in [-0.2, 0) is 18.9 Å². The van der Waals surface area contributed by atoms with E-state index < -0.39 is 11.6 Å². The molecule has 0 bridgehead atoms. The largest absolute Gasteiger partial charge is 0.388 e. The number of benzene rings is 1. The van der Waals surface area contributed by atoms with Crippen LogP contribution in [0.15, 0.2) is 23.4 Å². The minimum atomic E-state index is -0.568. The lowest BCUT2D eigenvalue weighted by Gasteiger charge is -2.08. The van der Waals surface area contributed by atoms with E-state index in [1.165, 1.54) is 30.0 Å². The molecule has 0 saturated carbocycles. The van der Waals surface area contributed by atoms with Gasteiger partial charge in [0.05, 0.1) is 0 Å². The maximum atomic E-state index is 13.5. The van der Waals surface area contributed by atoms with Gasteiger partial charge in [-0.05, 0) is 18.6 Å². The Hall–Kier alpha value is -1.47. The Kier molecular flexibility index (Phi) is 5.08. The van der Waals surface area contributed by atoms with E-state index in [2.05, 4.69) is 10.2 Å². The molecule has 0 aliphatic heterocycles. The van der Waals surface area contributed by atoms with Crippen molar-refractivity contribution in [3.63, 3.8) is 0 Å². The molecular formula is C13H15F2N3OS. The molecule has 7 heteroatoms. The molecule has 1 N–H and O–H groups in total. The van der Waals surface area contributed by atoms with Crippen LogP contribution < -0.4 is 0 Å². The lowest BCUT2D eigenvalue weighted by molar-refractivity contribution is 0.263. The summed E-state index contributed by atoms with van der Waals surface area (Å²) in [6.07, 6.45) is 0.854. The van der Waals surface area contributed by atoms with Gasteiger partial charge in [0.1, 0.15) is 18.2 Å². The van der Waals surface area contributed by atoms with Gasteiger partial charge in [-0.1, -0.05) is 24.8 Å². The molecule has 4 nitrogen and oxygen atoms in total. The maximum Gasteiger partial charge on any atom is 0.191 e. The molecule has 0 atom stereocenters. The van der Waals surface area contributed by atoms with Gasteiger partial charge in [0, 0.05) is 17.9 Å². The number of aromatic nitrogens is 3. The Morgan fingerprint density at radius 3 is 2.55 bits per heavy atom. The fourth-order valence-corrected chi connectivity index (χ4v) is 2.80. The lowest BCUT2D eigenvalue weighted by Crippen LogP contribution is -2.05. The molecule has 0 radical (unpaired) electrons. The number of hydrogen-bond acceptors (Lipinski definition) is 4. The van der Waals surface area contributed by atoms with E-state index in [1.54, 1.807) is 4.57 Å². The highest BCUT2D eigenvalue weighted by atomic mass is 32.2. The van der Waals surface area contributed by atoms with Gasteiger partial charge in [-0.2, -0.15) is 0 Å². The molecule has 0 unspecified atom stereocenters. The predicted molar refractivity (Wildman–Crippen MR) is 72.2 cm³/mol. The Labute approximate surface area is 119 Å². The molecule has 20 heavy (non-hydrogen) atoms. The van der Waals surface area contributed by atoms with Crippen LogP contribution in [0.25, 0.3) is 0 Å². The lowest BCUT2D eigenvalue weighted by atomic mass is 10.2. The quantitative estimate of drug-likeness (QED) is 0.833. The molecule has 108 valence electrons. The zero-order valence-corrected chi connectivity index (χ0v) is 11.8. The molecule has 0 aliphatic carbocycles. The van der Waals surface area contributed by atoms with E-state index in [9.17, 15) is 13.9 Å². The summed E-state index contributed by atoms with van der Waals surface area (Å²) in [5.41, 5.74) is 0.0223. The Bertz CT molecular complexity index is 569. The summed E-state index contributed by atoms with van der Waals surface area (Å²) >= 11 is 1.20. The van der Waals surface area contributed by atoms with Crippen LogP contribution in [0.5, 0.6) is 0 Å². The number of rotatable bonds is 6. The monoisotopic (exact) mass is 299 g/mol. The summed E-state index contributed by atoms with van der Waals surface area (Å²) in [7, 11) is 0. The number of halogens is 2. The first-order valence-electron chi connectivity index (χ1n) is 6.26. The van der Waals surface area contributed by atoms with Gasteiger partial charge in [-0.15, -0.1) is 10.2 Å². The zero-order chi connectivity index (χ0) is 14.5. The van der Waals surface area contributed by atoms with Crippen molar-refractivity contribution >= 4 is 11.8 Å². The first-order chi connectivity index (χ1) is 9.67. The van der Waals surface area contributed by atoms with Crippen molar-refractivity contribution in [2.45, 2.75) is 37.4 Å². The fourth-order valence-electron chi connectivity index (χ4n) is 1.80. The van der Waals surface area contributed by atoms with Crippen LogP contribution in [0.2, 0.25) is 0 Å². The molecule has 2 aromatic rings. The van der Waals surface area contributed by atoms with Gasteiger partial charge < -0.3 is 9.67 Å². The molecule has 1 aromatic carbocycles. The second kappa shape index (κ2) is 6.81. The number of aliphatic hydroxyl groups excluding tert-OH is 1. The van der Waals surface area contributed by atoms with Crippen LogP contribution in [-0.4, -0.2) is 19.9 Å². The standard InChI is InChI=1S/C13H15F2N3OS/c1-2-6-18-12(7-19)16-17-13(18)20-8-9-10(14)4-3-5-11(9)15/h3-5,19H,2,6-8H2,1H3. The van der Waals surface area contributed by atoms with Crippen molar-refractivity contribution in [2.75, 3.05) is 0 Å². The second-order valence-corrected chi connectivity index (χ2v) is 5.14. The Morgan fingerprint density at radius 1 is 1.25 bits per heavy atom. The fraction of sp³-hybridized carbons (Fsp3) is 0.385. The molecule has 1 heterocycles. The Morgan fingerprint density at radius 2 is 1.95 bits per heavy atom. The first kappa shape index (κ1) is 14.9. The maximum absolute atomic E-state index is 13.5. The van der Waals surface area contributed by atoms with Gasteiger partial charge in [0.2, 0.25) is 0 Å². The zero-order valence-electron chi connectivity index (χ0n) is 11.0. The van der Waals surface area contributed by atoms with Gasteiger partial charge in [0.15, 0.2) is 11.0 Å². The molecule has 0 saturated heterocycles. The van der Waals surface area contributed by atoms with Gasteiger partial charge in [0.25, 0.3) is 0 Å². The van der Waals surface area contributed by atoms with Crippen molar-refractivity contribution in [1.29, 1.82) is 0 Å². The number of hydrogen-bond donors (Lipinski definition) is 1. The molecule has 2 rings (SSSR count). The van der Waals surface area contributed by atoms with E-state index in [0.717, 1.165) is 6.42 Å². The summed E-state index contributed by atoms with van der Waals surface area (Å²) in [5, 5.41) is 17.5. The van der Waals surface area contributed by atoms with Crippen LogP contribution in [0, 0.1) is 11.6 Å². The summed E-state index contributed by atoms with van der Waals surface area (Å²) in [4.78, 5) is 0. The average Bonchev–Trinajstić information content (AvgIpc) is 2.81. The van der Waals surface area contributed by atoms with Crippen molar-refractivity contribution < 1.29 is 13.9 Å². The third-order valence-electron chi connectivity index (χ3n) is 2.79. The summed E-state index contributed by atoms with van der Waals surface area (Å²) in [6, 6.07) is 3.80. The SMILES string of the molecule is CCCn1c(CO)nnc1SCc1c(F)cccc1F. The van der Waals surface area contributed by atoms with Gasteiger partial charge in [-0.3, -0.25) is 0 Å². The normalized spacial score (nSPS) is 11.0. The topological polar surface area (TPSA) is 50.9 Å². The van der Waals surface area contributed by atoms with E-state index in [4.69, 9.17) is 0 Å². The van der Waals surface area contributed by atoms with Crippen LogP contribution >= 0.6 is 11.8 Å². The molecule has 0 amide bonds. The van der Waals surface area contributed by atoms with E-state index >= 15 is 0 Å². The van der Waals surface area contributed by atoms with Crippen LogP contribution in [0.4, 0.5) is 8.78 Å². The van der Waals surface area contributed by atoms with Crippen molar-refractivity contribution in [3.8, 4) is 0 Å². The second-order valence-electron chi connectivity index (χ2n) is 4.20. The highest BCUT2D eigenvalue weighted by Gasteiger charge is 2.14. The third kappa shape index (κ3) is 3.16. The average molecular weight is 299 g/mol. The highest BCUT2D eigenvalue weighted by molar-refractivity contribution is 7.98. The van der Waals surface area contributed by atoms with Gasteiger partial charge in [-0.25, -0.2) is 8.78 Å². The first-order valence-corrected chi connectivity index (χ1v) is 7.24. The highest BCUT2D eigenvalue weighted by Crippen LogP contribution is 2.25. The van der Waals surface area contributed by atoms with Crippen molar-refractivity contribution in [2.24, 2.45) is 0 Å². The van der Waals surface area contributed by atoms with Gasteiger partial charge >= 0.3 is 0 Å². The van der Waals surface area contributed by atoms with Crippen LogP contribution in [0.1, 0.15) is 24.7 Å². The van der Waals surface area contributed by atoms with Crippen molar-refractivity contribution in [1.82, 2.24) is 14.8 Å². The predicted octanol–water partition coefficient (Wildman–Crippen LogP) is 2.75. The molecular weight excluding hydrogens is 284 g/mol. The minimum absolute atomic E-state index is 0.0223. The number of nitrogens with zero attached hydrogens (tertiary/aromatic N) is 3. The number of thioether (sulfide) groups is 1. The van der Waals surface area contributed by atoms with E-state index in [1.807, 2.05) is 6.92 Å². The van der Waals surface area contributed by atoms with Crippen LogP contribution in [0.3, 0.4) is 0 Å². The van der Waals surface area contributed by atoms with E-state index in [0.29, 0.717) is 17.5 Å². The van der Waals surface area contributed by atoms with E-state index in [-0.39, 0.29) is 17.9 Å². The molecule has 0 spiro atoms. The smallest absolute Gasteiger partial charge is 0.191 e. The third-order valence-corrected chi connectivity index (χ3v) is 3.78. The number of aliphatic hydroxyl groups is 1. The van der Waals surface area contributed by atoms with Crippen molar-refractivity contribution in [3.05, 3.63) is 41.2 Å². The summed E-state index contributed by atoms with van der Waals surface area (Å²) in [5.74, 6) is -0.544. The molecule has 0 aliphatic rings. The Balaban J connectivity index is 2.17. The summed E-state index contributed by atoms with van der Waals surface area (Å²) < 4.78 is 28.8.